The fourth-order valence-corrected chi connectivity index (χ4v) is 1.44. The zero-order valence-electron chi connectivity index (χ0n) is 7.81. The van der Waals surface area contributed by atoms with Crippen molar-refractivity contribution in [3.8, 4) is 0 Å². The van der Waals surface area contributed by atoms with E-state index in [1.54, 1.807) is 0 Å². The maximum Gasteiger partial charge on any atom is 0.00682 e. The monoisotopic (exact) mass is 168 g/mol. The fourth-order valence-electron chi connectivity index (χ4n) is 1.44. The van der Waals surface area contributed by atoms with Gasteiger partial charge in [-0.3, -0.25) is 0 Å². The molecule has 2 rings (SSSR count). The highest BCUT2D eigenvalue weighted by molar-refractivity contribution is 4.80. The molecule has 2 aliphatic carbocycles. The lowest BCUT2D eigenvalue weighted by atomic mass is 10.3. The fraction of sp³-hybridized carbons (Fsp3) is 1.00. The molecule has 0 aliphatic heterocycles. The quantitative estimate of drug-likeness (QED) is 0.557. The predicted octanol–water partition coefficient (Wildman–Crippen LogP) is 1.13. The van der Waals surface area contributed by atoms with E-state index in [-0.39, 0.29) is 0 Å². The summed E-state index contributed by atoms with van der Waals surface area (Å²) in [5, 5.41) is 7.02. The molecule has 0 aromatic heterocycles. The van der Waals surface area contributed by atoms with Gasteiger partial charge in [0.25, 0.3) is 0 Å². The van der Waals surface area contributed by atoms with E-state index in [9.17, 15) is 0 Å². The second-order valence-electron chi connectivity index (χ2n) is 4.23. The highest BCUT2D eigenvalue weighted by Crippen LogP contribution is 2.27. The van der Waals surface area contributed by atoms with E-state index in [1.807, 2.05) is 0 Å². The Morgan fingerprint density at radius 3 is 2.50 bits per heavy atom. The molecule has 0 radical (unpaired) electrons. The molecule has 12 heavy (non-hydrogen) atoms. The lowest BCUT2D eigenvalue weighted by molar-refractivity contribution is 0.577. The normalized spacial score (nSPS) is 23.0. The summed E-state index contributed by atoms with van der Waals surface area (Å²) in [5.74, 6) is 1.03. The molecule has 2 aliphatic rings. The largest absolute Gasteiger partial charge is 0.316 e. The van der Waals surface area contributed by atoms with Gasteiger partial charge in [0.2, 0.25) is 0 Å². The molecule has 0 amide bonds. The number of hydrogen-bond acceptors (Lipinski definition) is 2. The van der Waals surface area contributed by atoms with E-state index in [1.165, 1.54) is 51.7 Å². The summed E-state index contributed by atoms with van der Waals surface area (Å²) >= 11 is 0. The Morgan fingerprint density at radius 2 is 1.83 bits per heavy atom. The van der Waals surface area contributed by atoms with Crippen molar-refractivity contribution in [1.82, 2.24) is 10.6 Å². The smallest absolute Gasteiger partial charge is 0.00682 e. The van der Waals surface area contributed by atoms with Gasteiger partial charge in [-0.25, -0.2) is 0 Å². The molecule has 70 valence electrons. The third kappa shape index (κ3) is 3.55. The van der Waals surface area contributed by atoms with Crippen LogP contribution in [0.15, 0.2) is 0 Å². The zero-order chi connectivity index (χ0) is 8.23. The molecule has 2 nitrogen and oxygen atoms in total. The second-order valence-corrected chi connectivity index (χ2v) is 4.23. The Bertz CT molecular complexity index is 112. The molecule has 0 aromatic carbocycles. The van der Waals surface area contributed by atoms with Gasteiger partial charge < -0.3 is 10.6 Å². The van der Waals surface area contributed by atoms with Crippen LogP contribution in [0.25, 0.3) is 0 Å². The molecule has 2 N–H and O–H groups in total. The van der Waals surface area contributed by atoms with E-state index in [0.29, 0.717) is 0 Å². The van der Waals surface area contributed by atoms with Crippen molar-refractivity contribution in [1.29, 1.82) is 0 Å². The first-order valence-electron chi connectivity index (χ1n) is 5.39. The zero-order valence-corrected chi connectivity index (χ0v) is 7.81. The average Bonchev–Trinajstić information content (AvgIpc) is 2.89. The SMILES string of the molecule is C(CNCC1CC1)CNC1CC1. The van der Waals surface area contributed by atoms with Crippen LogP contribution in [0.5, 0.6) is 0 Å². The Balaban J connectivity index is 1.31. The van der Waals surface area contributed by atoms with E-state index >= 15 is 0 Å². The van der Waals surface area contributed by atoms with Crippen LogP contribution in [0.3, 0.4) is 0 Å². The first kappa shape index (κ1) is 8.52. The lowest BCUT2D eigenvalue weighted by Gasteiger charge is -2.03. The second kappa shape index (κ2) is 4.24. The van der Waals surface area contributed by atoms with Crippen LogP contribution in [-0.2, 0) is 0 Å². The van der Waals surface area contributed by atoms with Crippen molar-refractivity contribution < 1.29 is 0 Å². The predicted molar refractivity (Wildman–Crippen MR) is 51.2 cm³/mol. The summed E-state index contributed by atoms with van der Waals surface area (Å²) in [6, 6.07) is 0.883. The number of hydrogen-bond donors (Lipinski definition) is 2. The minimum absolute atomic E-state index is 0.883. The van der Waals surface area contributed by atoms with Gasteiger partial charge in [-0.15, -0.1) is 0 Å². The van der Waals surface area contributed by atoms with Crippen LogP contribution in [0, 0.1) is 5.92 Å². The molecule has 0 saturated heterocycles. The first-order valence-corrected chi connectivity index (χ1v) is 5.39. The van der Waals surface area contributed by atoms with Gasteiger partial charge in [-0.1, -0.05) is 0 Å². The summed E-state index contributed by atoms with van der Waals surface area (Å²) in [5.41, 5.74) is 0. The molecule has 0 aromatic rings. The van der Waals surface area contributed by atoms with Crippen LogP contribution in [-0.4, -0.2) is 25.7 Å². The van der Waals surface area contributed by atoms with Crippen LogP contribution >= 0.6 is 0 Å². The summed E-state index contributed by atoms with van der Waals surface area (Å²) in [4.78, 5) is 0. The Labute approximate surface area is 75.1 Å². The van der Waals surface area contributed by atoms with Gasteiger partial charge in [0.1, 0.15) is 0 Å². The van der Waals surface area contributed by atoms with Crippen molar-refractivity contribution in [3.63, 3.8) is 0 Å². The van der Waals surface area contributed by atoms with Gasteiger partial charge in [0.05, 0.1) is 0 Å². The van der Waals surface area contributed by atoms with Gasteiger partial charge in [-0.2, -0.15) is 0 Å². The Kier molecular flexibility index (Phi) is 3.01. The van der Waals surface area contributed by atoms with Crippen molar-refractivity contribution >= 4 is 0 Å². The Morgan fingerprint density at radius 1 is 1.00 bits per heavy atom. The van der Waals surface area contributed by atoms with Crippen LogP contribution in [0.4, 0.5) is 0 Å². The van der Waals surface area contributed by atoms with Gasteiger partial charge in [-0.05, 0) is 57.7 Å². The summed E-state index contributed by atoms with van der Waals surface area (Å²) in [7, 11) is 0. The standard InChI is InChI=1S/C10H20N2/c1(7-12-10-4-5-10)6-11-8-9-2-3-9/h9-12H,1-8H2. The topological polar surface area (TPSA) is 24.1 Å². The Hall–Kier alpha value is -0.0800. The van der Waals surface area contributed by atoms with Crippen LogP contribution in [0.2, 0.25) is 0 Å². The first-order chi connectivity index (χ1) is 5.95. The van der Waals surface area contributed by atoms with Crippen molar-refractivity contribution in [2.75, 3.05) is 19.6 Å². The molecule has 0 heterocycles. The molecular weight excluding hydrogens is 148 g/mol. The van der Waals surface area contributed by atoms with Gasteiger partial charge in [0, 0.05) is 6.04 Å². The van der Waals surface area contributed by atoms with E-state index in [4.69, 9.17) is 0 Å². The molecule has 0 bridgehead atoms. The minimum atomic E-state index is 0.883. The molecule has 0 unspecified atom stereocenters. The molecule has 0 spiro atoms. The lowest BCUT2D eigenvalue weighted by Crippen LogP contribution is -2.24. The van der Waals surface area contributed by atoms with Crippen molar-refractivity contribution in [2.45, 2.75) is 38.1 Å². The molecule has 2 saturated carbocycles. The van der Waals surface area contributed by atoms with Crippen LogP contribution in [0.1, 0.15) is 32.1 Å². The van der Waals surface area contributed by atoms with Gasteiger partial charge in [0.15, 0.2) is 0 Å². The molecule has 0 atom stereocenters. The summed E-state index contributed by atoms with van der Waals surface area (Å²) < 4.78 is 0. The summed E-state index contributed by atoms with van der Waals surface area (Å²) in [6.45, 7) is 3.68. The van der Waals surface area contributed by atoms with Crippen molar-refractivity contribution in [3.05, 3.63) is 0 Å². The van der Waals surface area contributed by atoms with E-state index in [2.05, 4.69) is 10.6 Å². The highest BCUT2D eigenvalue weighted by Gasteiger charge is 2.20. The van der Waals surface area contributed by atoms with Crippen LogP contribution < -0.4 is 10.6 Å². The minimum Gasteiger partial charge on any atom is -0.316 e. The van der Waals surface area contributed by atoms with E-state index < -0.39 is 0 Å². The molecule has 2 heteroatoms. The number of rotatable bonds is 7. The summed E-state index contributed by atoms with van der Waals surface area (Å²) in [6.07, 6.45) is 7.05. The maximum absolute atomic E-state index is 3.52. The molecular formula is C10H20N2. The third-order valence-corrected chi connectivity index (χ3v) is 2.67. The highest BCUT2D eigenvalue weighted by atomic mass is 15.0. The average molecular weight is 168 g/mol. The molecule has 2 fully saturated rings. The van der Waals surface area contributed by atoms with E-state index in [0.717, 1.165) is 12.0 Å². The maximum atomic E-state index is 3.52. The third-order valence-electron chi connectivity index (χ3n) is 2.67. The van der Waals surface area contributed by atoms with Gasteiger partial charge >= 0.3 is 0 Å². The number of nitrogens with one attached hydrogen (secondary N) is 2. The van der Waals surface area contributed by atoms with Crippen molar-refractivity contribution in [2.24, 2.45) is 5.92 Å².